The minimum atomic E-state index is -1.20. The predicted molar refractivity (Wildman–Crippen MR) is 101 cm³/mol. The number of pyridine rings is 1. The highest BCUT2D eigenvalue weighted by molar-refractivity contribution is 5.93. The number of fused-ring (bicyclic) bond motifs is 1. The van der Waals surface area contributed by atoms with Gasteiger partial charge in [-0.15, -0.1) is 0 Å². The van der Waals surface area contributed by atoms with Crippen LogP contribution in [0.1, 0.15) is 6.42 Å². The van der Waals surface area contributed by atoms with Crippen LogP contribution in [0.4, 0.5) is 15.0 Å². The molecular weight excluding hydrogens is 347 g/mol. The van der Waals surface area contributed by atoms with Crippen molar-refractivity contribution in [2.75, 3.05) is 18.4 Å². The number of likely N-dealkylation sites (tertiary alicyclic amines) is 1. The normalized spacial score (nSPS) is 19.9. The Labute approximate surface area is 155 Å². The number of nitrogens with two attached hydrogens (primary N) is 1. The summed E-state index contributed by atoms with van der Waals surface area (Å²) >= 11 is 0. The number of alkyl halides is 1. The average molecular weight is 366 g/mol. The fourth-order valence-electron chi connectivity index (χ4n) is 3.11. The highest BCUT2D eigenvalue weighted by Gasteiger charge is 2.29. The van der Waals surface area contributed by atoms with Crippen LogP contribution in [0.3, 0.4) is 0 Å². The van der Waals surface area contributed by atoms with Gasteiger partial charge in [0.2, 0.25) is 0 Å². The van der Waals surface area contributed by atoms with Crippen LogP contribution < -0.4 is 11.1 Å². The summed E-state index contributed by atoms with van der Waals surface area (Å²) in [6, 6.07) is 6.76. The number of piperidine rings is 1. The van der Waals surface area contributed by atoms with Gasteiger partial charge in [0.15, 0.2) is 0 Å². The lowest BCUT2D eigenvalue weighted by molar-refractivity contribution is 0.137. The molecule has 3 aromatic rings. The van der Waals surface area contributed by atoms with Crippen molar-refractivity contribution >= 4 is 22.6 Å². The summed E-state index contributed by atoms with van der Waals surface area (Å²) in [7, 11) is 0. The molecule has 0 spiro atoms. The monoisotopic (exact) mass is 366 g/mol. The summed E-state index contributed by atoms with van der Waals surface area (Å²) in [5.41, 5.74) is 7.35. The number of halogens is 1. The lowest BCUT2D eigenvalue weighted by Gasteiger charge is -2.32. The fraction of sp³-hybridized carbons (Fsp3) is 0.263. The first-order valence-corrected chi connectivity index (χ1v) is 8.72. The number of carbonyl (C=O) groups excluding carboxylic acids is 1. The molecule has 138 valence electrons. The fourth-order valence-corrected chi connectivity index (χ4v) is 3.11. The van der Waals surface area contributed by atoms with E-state index in [1.165, 1.54) is 4.90 Å². The third-order valence-electron chi connectivity index (χ3n) is 4.69. The second-order valence-electron chi connectivity index (χ2n) is 6.57. The van der Waals surface area contributed by atoms with E-state index < -0.39 is 12.2 Å². The molecule has 7 nitrogen and oxygen atoms in total. The van der Waals surface area contributed by atoms with Gasteiger partial charge in [-0.05, 0) is 23.9 Å². The Morgan fingerprint density at radius 2 is 2.07 bits per heavy atom. The van der Waals surface area contributed by atoms with Gasteiger partial charge in [-0.3, -0.25) is 15.3 Å². The van der Waals surface area contributed by atoms with Gasteiger partial charge in [-0.25, -0.2) is 14.2 Å². The van der Waals surface area contributed by atoms with Crippen LogP contribution in [0.15, 0.2) is 49.1 Å². The number of carbonyl (C=O) groups is 1. The molecule has 1 aliphatic rings. The summed E-state index contributed by atoms with van der Waals surface area (Å²) in [6.45, 7) is 0.426. The Kier molecular flexibility index (Phi) is 4.64. The quantitative estimate of drug-likeness (QED) is 0.727. The molecule has 3 N–H and O–H groups in total. The molecule has 8 heteroatoms. The van der Waals surface area contributed by atoms with E-state index in [4.69, 9.17) is 5.73 Å². The number of anilines is 1. The summed E-state index contributed by atoms with van der Waals surface area (Å²) in [5, 5.41) is 4.59. The molecule has 1 aliphatic heterocycles. The highest BCUT2D eigenvalue weighted by Crippen LogP contribution is 2.24. The second-order valence-corrected chi connectivity index (χ2v) is 6.57. The molecule has 27 heavy (non-hydrogen) atoms. The summed E-state index contributed by atoms with van der Waals surface area (Å²) in [4.78, 5) is 26.5. The van der Waals surface area contributed by atoms with Crippen LogP contribution in [0, 0.1) is 0 Å². The number of rotatable bonds is 2. The standard InChI is InChI=1S/C19H19FN6O/c20-15-11-26(6-3-16(15)21)19(27)25-18-8-14-7-12(1-2-13(14)9-24-18)17-10-22-4-5-23-17/h1-2,4-5,7-10,15-16H,3,6,11,21H2,(H,24,25,27)/t15-,16-/m0/s1. The molecule has 0 aliphatic carbocycles. The van der Waals surface area contributed by atoms with Crippen LogP contribution in [0.2, 0.25) is 0 Å². The Balaban J connectivity index is 1.55. The van der Waals surface area contributed by atoms with E-state index in [1.54, 1.807) is 30.9 Å². The topological polar surface area (TPSA) is 97.0 Å². The van der Waals surface area contributed by atoms with E-state index >= 15 is 0 Å². The van der Waals surface area contributed by atoms with Crippen molar-refractivity contribution in [2.24, 2.45) is 5.73 Å². The molecule has 0 radical (unpaired) electrons. The zero-order valence-corrected chi connectivity index (χ0v) is 14.5. The van der Waals surface area contributed by atoms with Gasteiger partial charge >= 0.3 is 6.03 Å². The first-order valence-electron chi connectivity index (χ1n) is 8.72. The van der Waals surface area contributed by atoms with Gasteiger partial charge < -0.3 is 10.6 Å². The van der Waals surface area contributed by atoms with Crippen LogP contribution in [-0.2, 0) is 0 Å². The van der Waals surface area contributed by atoms with Crippen LogP contribution in [0.5, 0.6) is 0 Å². The molecule has 1 saturated heterocycles. The second kappa shape index (κ2) is 7.24. The summed E-state index contributed by atoms with van der Waals surface area (Å²) < 4.78 is 13.8. The van der Waals surface area contributed by atoms with E-state index in [2.05, 4.69) is 20.3 Å². The Morgan fingerprint density at radius 3 is 2.85 bits per heavy atom. The van der Waals surface area contributed by atoms with Crippen molar-refractivity contribution in [1.29, 1.82) is 0 Å². The summed E-state index contributed by atoms with van der Waals surface area (Å²) in [5.74, 6) is 0.411. The molecule has 1 fully saturated rings. The first-order chi connectivity index (χ1) is 13.1. The maximum absolute atomic E-state index is 13.8. The molecule has 2 aromatic heterocycles. The number of benzene rings is 1. The van der Waals surface area contributed by atoms with Crippen molar-refractivity contribution in [3.63, 3.8) is 0 Å². The molecule has 2 amide bonds. The lowest BCUT2D eigenvalue weighted by Crippen LogP contribution is -2.51. The third kappa shape index (κ3) is 3.70. The van der Waals surface area contributed by atoms with Gasteiger partial charge in [0.1, 0.15) is 12.0 Å². The molecule has 4 rings (SSSR count). The molecule has 3 heterocycles. The number of hydrogen-bond acceptors (Lipinski definition) is 5. The van der Waals surface area contributed by atoms with Gasteiger partial charge in [-0.1, -0.05) is 12.1 Å². The summed E-state index contributed by atoms with van der Waals surface area (Å²) in [6.07, 6.45) is 5.89. The molecule has 1 aromatic carbocycles. The van der Waals surface area contributed by atoms with E-state index in [-0.39, 0.29) is 12.6 Å². The van der Waals surface area contributed by atoms with Crippen molar-refractivity contribution in [1.82, 2.24) is 19.9 Å². The van der Waals surface area contributed by atoms with Crippen LogP contribution >= 0.6 is 0 Å². The number of aromatic nitrogens is 3. The molecule has 0 bridgehead atoms. The Hall–Kier alpha value is -3.13. The van der Waals surface area contributed by atoms with E-state index in [9.17, 15) is 9.18 Å². The Morgan fingerprint density at radius 1 is 1.19 bits per heavy atom. The Bertz CT molecular complexity index is 967. The molecule has 0 saturated carbocycles. The predicted octanol–water partition coefficient (Wildman–Crippen LogP) is 2.59. The number of nitrogens with one attached hydrogen (secondary N) is 1. The zero-order valence-electron chi connectivity index (χ0n) is 14.5. The van der Waals surface area contributed by atoms with Crippen LogP contribution in [-0.4, -0.2) is 51.2 Å². The van der Waals surface area contributed by atoms with Gasteiger partial charge in [-0.2, -0.15) is 0 Å². The largest absolute Gasteiger partial charge is 0.325 e. The maximum Gasteiger partial charge on any atom is 0.323 e. The van der Waals surface area contributed by atoms with Gasteiger partial charge in [0.25, 0.3) is 0 Å². The number of amides is 2. The van der Waals surface area contributed by atoms with E-state index in [1.807, 2.05) is 18.2 Å². The minimum Gasteiger partial charge on any atom is -0.325 e. The minimum absolute atomic E-state index is 0.00257. The van der Waals surface area contributed by atoms with Crippen molar-refractivity contribution < 1.29 is 9.18 Å². The highest BCUT2D eigenvalue weighted by atomic mass is 19.1. The number of hydrogen-bond donors (Lipinski definition) is 2. The van der Waals surface area contributed by atoms with Crippen molar-refractivity contribution in [3.05, 3.63) is 49.1 Å². The van der Waals surface area contributed by atoms with Gasteiger partial charge in [0.05, 0.1) is 18.4 Å². The van der Waals surface area contributed by atoms with Gasteiger partial charge in [0, 0.05) is 42.1 Å². The molecule has 2 atom stereocenters. The smallest absolute Gasteiger partial charge is 0.323 e. The lowest BCUT2D eigenvalue weighted by atomic mass is 10.0. The maximum atomic E-state index is 13.8. The van der Waals surface area contributed by atoms with E-state index in [0.29, 0.717) is 18.8 Å². The zero-order chi connectivity index (χ0) is 18.8. The van der Waals surface area contributed by atoms with Crippen molar-refractivity contribution in [3.8, 4) is 11.3 Å². The van der Waals surface area contributed by atoms with E-state index in [0.717, 1.165) is 22.0 Å². The molecule has 0 unspecified atom stereocenters. The third-order valence-corrected chi connectivity index (χ3v) is 4.69. The first kappa shape index (κ1) is 17.3. The van der Waals surface area contributed by atoms with Crippen LogP contribution in [0.25, 0.3) is 22.0 Å². The number of nitrogens with zero attached hydrogens (tertiary/aromatic N) is 4. The average Bonchev–Trinajstić information content (AvgIpc) is 2.70. The SMILES string of the molecule is N[C@H]1CCN(C(=O)Nc2cc3cc(-c4cnccn4)ccc3cn2)C[C@@H]1F. The molecular formula is C19H19FN6O. The van der Waals surface area contributed by atoms with Crippen molar-refractivity contribution in [2.45, 2.75) is 18.6 Å². The number of urea groups is 1.